The number of rotatable bonds is 7. The first-order valence-electron chi connectivity index (χ1n) is 6.27. The number of hydrogen-bond donors (Lipinski definition) is 2. The van der Waals surface area contributed by atoms with Crippen LogP contribution in [0.5, 0.6) is 0 Å². The molecule has 0 aromatic rings. The second kappa shape index (κ2) is 7.10. The monoisotopic (exact) mass is 256 g/mol. The molecule has 0 saturated carbocycles. The van der Waals surface area contributed by atoms with Crippen molar-refractivity contribution in [3.63, 3.8) is 0 Å². The Balaban J connectivity index is 2.44. The van der Waals surface area contributed by atoms with Gasteiger partial charge in [0.05, 0.1) is 0 Å². The number of carbonyl (C=O) groups excluding carboxylic acids is 3. The molecule has 0 spiro atoms. The molecule has 2 atom stereocenters. The molecule has 6 nitrogen and oxygen atoms in total. The predicted molar refractivity (Wildman–Crippen MR) is 64.6 cm³/mol. The van der Waals surface area contributed by atoms with E-state index in [4.69, 9.17) is 10.5 Å². The molecule has 0 radical (unpaired) electrons. The molecule has 0 aliphatic carbocycles. The zero-order chi connectivity index (χ0) is 13.5. The summed E-state index contributed by atoms with van der Waals surface area (Å²) in [5.41, 5.74) is 5.21. The van der Waals surface area contributed by atoms with Gasteiger partial charge in [-0.3, -0.25) is 14.4 Å². The molecule has 1 rings (SSSR count). The molecule has 1 saturated heterocycles. The van der Waals surface area contributed by atoms with E-state index in [1.54, 1.807) is 6.92 Å². The Morgan fingerprint density at radius 3 is 2.67 bits per heavy atom. The van der Waals surface area contributed by atoms with Gasteiger partial charge in [0, 0.05) is 19.4 Å². The van der Waals surface area contributed by atoms with Gasteiger partial charge in [0.2, 0.25) is 11.8 Å². The van der Waals surface area contributed by atoms with Crippen molar-refractivity contribution in [2.24, 2.45) is 5.73 Å². The summed E-state index contributed by atoms with van der Waals surface area (Å²) in [5, 5.41) is 2.55. The van der Waals surface area contributed by atoms with Crippen LogP contribution in [0.25, 0.3) is 0 Å². The topological polar surface area (TPSA) is 98.5 Å². The van der Waals surface area contributed by atoms with E-state index < -0.39 is 18.1 Å². The largest absolute Gasteiger partial charge is 0.368 e. The van der Waals surface area contributed by atoms with E-state index in [0.29, 0.717) is 19.4 Å². The number of hydrogen-bond acceptors (Lipinski definition) is 4. The van der Waals surface area contributed by atoms with Crippen LogP contribution in [0.4, 0.5) is 0 Å². The minimum absolute atomic E-state index is 0.0487. The van der Waals surface area contributed by atoms with Crippen LogP contribution >= 0.6 is 0 Å². The van der Waals surface area contributed by atoms with Crippen LogP contribution in [0.1, 0.15) is 39.0 Å². The van der Waals surface area contributed by atoms with Crippen LogP contribution in [0.3, 0.4) is 0 Å². The first-order chi connectivity index (χ1) is 8.54. The third-order valence-electron chi connectivity index (χ3n) is 2.99. The smallest absolute Gasteiger partial charge is 0.249 e. The van der Waals surface area contributed by atoms with Crippen LogP contribution in [0.15, 0.2) is 0 Å². The lowest BCUT2D eigenvalue weighted by atomic mass is 10.1. The predicted octanol–water partition coefficient (Wildman–Crippen LogP) is -0.105. The Labute approximate surface area is 106 Å². The van der Waals surface area contributed by atoms with Crippen molar-refractivity contribution in [3.8, 4) is 0 Å². The van der Waals surface area contributed by atoms with E-state index in [1.807, 2.05) is 0 Å². The van der Waals surface area contributed by atoms with Crippen molar-refractivity contribution in [3.05, 3.63) is 0 Å². The van der Waals surface area contributed by atoms with Crippen molar-refractivity contribution in [2.45, 2.75) is 51.2 Å². The Morgan fingerprint density at radius 1 is 1.44 bits per heavy atom. The lowest BCUT2D eigenvalue weighted by molar-refractivity contribution is -0.134. The molecule has 0 unspecified atom stereocenters. The average molecular weight is 256 g/mol. The minimum atomic E-state index is -0.794. The Hall–Kier alpha value is -1.43. The summed E-state index contributed by atoms with van der Waals surface area (Å²) in [5.74, 6) is -0.891. The van der Waals surface area contributed by atoms with Gasteiger partial charge in [-0.25, -0.2) is 0 Å². The lowest BCUT2D eigenvalue weighted by Crippen LogP contribution is -2.48. The standard InChI is InChI=1S/C12H20N2O4/c1-2-8(15)5-6-9(11(13)16)14-12(17)10-4-3-7-18-10/h9-10H,2-7H2,1H3,(H2,13,16)(H,14,17)/t9-,10+/m0/s1. The van der Waals surface area contributed by atoms with Gasteiger partial charge in [0.15, 0.2) is 0 Å². The van der Waals surface area contributed by atoms with Crippen molar-refractivity contribution < 1.29 is 19.1 Å². The maximum Gasteiger partial charge on any atom is 0.249 e. The number of ketones is 1. The zero-order valence-electron chi connectivity index (χ0n) is 10.6. The van der Waals surface area contributed by atoms with Gasteiger partial charge in [-0.05, 0) is 19.3 Å². The lowest BCUT2D eigenvalue weighted by Gasteiger charge is -2.17. The van der Waals surface area contributed by atoms with Crippen molar-refractivity contribution >= 4 is 17.6 Å². The SMILES string of the molecule is CCC(=O)CC[C@H](NC(=O)[C@H]1CCCO1)C(N)=O. The van der Waals surface area contributed by atoms with E-state index in [0.717, 1.165) is 6.42 Å². The molecule has 1 fully saturated rings. The maximum absolute atomic E-state index is 11.7. The fourth-order valence-corrected chi connectivity index (χ4v) is 1.82. The third-order valence-corrected chi connectivity index (χ3v) is 2.99. The van der Waals surface area contributed by atoms with Gasteiger partial charge in [0.1, 0.15) is 17.9 Å². The van der Waals surface area contributed by atoms with Crippen LogP contribution in [0, 0.1) is 0 Å². The summed E-state index contributed by atoms with van der Waals surface area (Å²) in [6, 6.07) is -0.794. The van der Waals surface area contributed by atoms with Crippen molar-refractivity contribution in [1.29, 1.82) is 0 Å². The highest BCUT2D eigenvalue weighted by atomic mass is 16.5. The van der Waals surface area contributed by atoms with E-state index in [1.165, 1.54) is 0 Å². The number of Topliss-reactive ketones (excluding diaryl/α,β-unsaturated/α-hetero) is 1. The fraction of sp³-hybridized carbons (Fsp3) is 0.750. The molecule has 1 aliphatic heterocycles. The van der Waals surface area contributed by atoms with Crippen LogP contribution in [-0.4, -0.2) is 36.4 Å². The molecule has 2 amide bonds. The van der Waals surface area contributed by atoms with Gasteiger partial charge >= 0.3 is 0 Å². The maximum atomic E-state index is 11.7. The van der Waals surface area contributed by atoms with Gasteiger partial charge in [0.25, 0.3) is 0 Å². The summed E-state index contributed by atoms with van der Waals surface area (Å²) in [6.45, 7) is 2.32. The Kier molecular flexibility index (Phi) is 5.77. The number of amides is 2. The summed E-state index contributed by atoms with van der Waals surface area (Å²) in [4.78, 5) is 34.1. The minimum Gasteiger partial charge on any atom is -0.368 e. The second-order valence-electron chi connectivity index (χ2n) is 4.40. The highest BCUT2D eigenvalue weighted by Gasteiger charge is 2.27. The zero-order valence-corrected chi connectivity index (χ0v) is 10.6. The molecule has 0 aromatic heterocycles. The fourth-order valence-electron chi connectivity index (χ4n) is 1.82. The summed E-state index contributed by atoms with van der Waals surface area (Å²) < 4.78 is 5.21. The first-order valence-corrected chi connectivity index (χ1v) is 6.27. The average Bonchev–Trinajstić information content (AvgIpc) is 2.87. The second-order valence-corrected chi connectivity index (χ2v) is 4.40. The van der Waals surface area contributed by atoms with Crippen LogP contribution in [0.2, 0.25) is 0 Å². The van der Waals surface area contributed by atoms with Crippen LogP contribution < -0.4 is 11.1 Å². The van der Waals surface area contributed by atoms with E-state index >= 15 is 0 Å². The molecule has 102 valence electrons. The number of carbonyl (C=O) groups is 3. The highest BCUT2D eigenvalue weighted by Crippen LogP contribution is 2.12. The molecule has 0 bridgehead atoms. The molecule has 6 heteroatoms. The van der Waals surface area contributed by atoms with Gasteiger partial charge in [-0.1, -0.05) is 6.92 Å². The molecule has 18 heavy (non-hydrogen) atoms. The van der Waals surface area contributed by atoms with Crippen molar-refractivity contribution in [2.75, 3.05) is 6.61 Å². The van der Waals surface area contributed by atoms with Crippen LogP contribution in [-0.2, 0) is 19.1 Å². The summed E-state index contributed by atoms with van der Waals surface area (Å²) in [6.07, 6.45) is 1.93. The van der Waals surface area contributed by atoms with E-state index in [-0.39, 0.29) is 24.5 Å². The molecule has 1 heterocycles. The summed E-state index contributed by atoms with van der Waals surface area (Å²) in [7, 11) is 0. The molecule has 1 aliphatic rings. The van der Waals surface area contributed by atoms with E-state index in [9.17, 15) is 14.4 Å². The molecule has 3 N–H and O–H groups in total. The Morgan fingerprint density at radius 2 is 2.17 bits per heavy atom. The molecule has 0 aromatic carbocycles. The number of nitrogens with two attached hydrogens (primary N) is 1. The van der Waals surface area contributed by atoms with Gasteiger partial charge < -0.3 is 15.8 Å². The highest BCUT2D eigenvalue weighted by molar-refractivity contribution is 5.89. The third kappa shape index (κ3) is 4.44. The normalized spacial score (nSPS) is 20.4. The first kappa shape index (κ1) is 14.6. The van der Waals surface area contributed by atoms with E-state index in [2.05, 4.69) is 5.32 Å². The summed E-state index contributed by atoms with van der Waals surface area (Å²) >= 11 is 0. The van der Waals surface area contributed by atoms with Gasteiger partial charge in [-0.2, -0.15) is 0 Å². The van der Waals surface area contributed by atoms with Crippen molar-refractivity contribution in [1.82, 2.24) is 5.32 Å². The van der Waals surface area contributed by atoms with Gasteiger partial charge in [-0.15, -0.1) is 0 Å². The quantitative estimate of drug-likeness (QED) is 0.664. The Bertz CT molecular complexity index is 324. The molecular weight excluding hydrogens is 236 g/mol. The molecular formula is C12H20N2O4. The number of nitrogens with one attached hydrogen (secondary N) is 1. The number of ether oxygens (including phenoxy) is 1. The number of primary amides is 1.